The lowest BCUT2D eigenvalue weighted by Crippen LogP contribution is -2.32. The van der Waals surface area contributed by atoms with Crippen LogP contribution >= 0.6 is 0 Å². The molecule has 1 aromatic rings. The first kappa shape index (κ1) is 11.2. The lowest BCUT2D eigenvalue weighted by molar-refractivity contribution is -0.0278. The van der Waals surface area contributed by atoms with Gasteiger partial charge >= 0.3 is 0 Å². The molecule has 92 valence electrons. The Labute approximate surface area is 103 Å². The normalized spacial score (nSPS) is 29.2. The minimum Gasteiger partial charge on any atom is -0.373 e. The summed E-state index contributed by atoms with van der Waals surface area (Å²) >= 11 is 0. The van der Waals surface area contributed by atoms with Gasteiger partial charge in [-0.1, -0.05) is 30.3 Å². The molecule has 0 bridgehead atoms. The van der Waals surface area contributed by atoms with Crippen LogP contribution in [0.5, 0.6) is 0 Å². The van der Waals surface area contributed by atoms with Gasteiger partial charge < -0.3 is 10.1 Å². The van der Waals surface area contributed by atoms with Crippen LogP contribution in [0.1, 0.15) is 37.4 Å². The molecule has 2 aliphatic rings. The van der Waals surface area contributed by atoms with Crippen molar-refractivity contribution in [1.29, 1.82) is 0 Å². The monoisotopic (exact) mass is 231 g/mol. The van der Waals surface area contributed by atoms with Gasteiger partial charge in [0.1, 0.15) is 0 Å². The second-order valence-electron chi connectivity index (χ2n) is 5.29. The molecule has 0 spiro atoms. The summed E-state index contributed by atoms with van der Waals surface area (Å²) in [5.41, 5.74) is 1.34. The summed E-state index contributed by atoms with van der Waals surface area (Å²) in [6.45, 7) is 2.03. The zero-order valence-corrected chi connectivity index (χ0v) is 10.3. The van der Waals surface area contributed by atoms with E-state index in [0.717, 1.165) is 19.2 Å². The van der Waals surface area contributed by atoms with E-state index in [9.17, 15) is 0 Å². The highest BCUT2D eigenvalue weighted by molar-refractivity contribution is 5.18. The Morgan fingerprint density at radius 1 is 1.12 bits per heavy atom. The van der Waals surface area contributed by atoms with Gasteiger partial charge in [0.25, 0.3) is 0 Å². The highest BCUT2D eigenvalue weighted by Gasteiger charge is 2.29. The van der Waals surface area contributed by atoms with E-state index < -0.39 is 0 Å². The maximum Gasteiger partial charge on any atom is 0.0865 e. The van der Waals surface area contributed by atoms with Gasteiger partial charge in [0, 0.05) is 25.1 Å². The third-order valence-electron chi connectivity index (χ3n) is 3.82. The van der Waals surface area contributed by atoms with E-state index in [1.807, 2.05) is 0 Å². The van der Waals surface area contributed by atoms with Crippen LogP contribution in [0.15, 0.2) is 30.3 Å². The average molecular weight is 231 g/mol. The van der Waals surface area contributed by atoms with Gasteiger partial charge in [-0.3, -0.25) is 0 Å². The third-order valence-corrected chi connectivity index (χ3v) is 3.82. The van der Waals surface area contributed by atoms with Crippen molar-refractivity contribution in [2.45, 2.75) is 37.8 Å². The van der Waals surface area contributed by atoms with Gasteiger partial charge in [-0.25, -0.2) is 0 Å². The van der Waals surface area contributed by atoms with Gasteiger partial charge in [-0.05, 0) is 31.2 Å². The zero-order chi connectivity index (χ0) is 11.5. The van der Waals surface area contributed by atoms with Crippen LogP contribution in [0.2, 0.25) is 0 Å². The standard InChI is InChI=1S/C15H21NO/c1-2-5-12(6-3-1)15-13(7-4-10-17-15)11-16-14-8-9-14/h1-3,5-6,13-16H,4,7-11H2. The van der Waals surface area contributed by atoms with E-state index >= 15 is 0 Å². The lowest BCUT2D eigenvalue weighted by Gasteiger charge is -2.32. The van der Waals surface area contributed by atoms with Crippen LogP contribution in [-0.2, 0) is 4.74 Å². The molecule has 2 atom stereocenters. The Hall–Kier alpha value is -0.860. The van der Waals surface area contributed by atoms with Gasteiger partial charge in [0.05, 0.1) is 6.10 Å². The minimum atomic E-state index is 0.302. The fourth-order valence-corrected chi connectivity index (χ4v) is 2.67. The molecular weight excluding hydrogens is 210 g/mol. The molecule has 1 N–H and O–H groups in total. The zero-order valence-electron chi connectivity index (χ0n) is 10.3. The van der Waals surface area contributed by atoms with Crippen LogP contribution in [0.3, 0.4) is 0 Å². The first-order valence-corrected chi connectivity index (χ1v) is 6.83. The van der Waals surface area contributed by atoms with Crippen LogP contribution in [0.25, 0.3) is 0 Å². The Balaban J connectivity index is 1.66. The molecule has 2 nitrogen and oxygen atoms in total. The van der Waals surface area contributed by atoms with Crippen molar-refractivity contribution in [3.05, 3.63) is 35.9 Å². The number of hydrogen-bond donors (Lipinski definition) is 1. The van der Waals surface area contributed by atoms with Gasteiger partial charge in [0.15, 0.2) is 0 Å². The first-order chi connectivity index (χ1) is 8.43. The van der Waals surface area contributed by atoms with Crippen molar-refractivity contribution in [1.82, 2.24) is 5.32 Å². The third kappa shape index (κ3) is 2.88. The molecule has 1 aromatic carbocycles. The van der Waals surface area contributed by atoms with Crippen LogP contribution < -0.4 is 5.32 Å². The SMILES string of the molecule is c1ccc(C2OCCCC2CNC2CC2)cc1. The van der Waals surface area contributed by atoms with Gasteiger partial charge in [0.2, 0.25) is 0 Å². The Morgan fingerprint density at radius 2 is 1.94 bits per heavy atom. The molecule has 1 aliphatic carbocycles. The Kier molecular flexibility index (Phi) is 3.44. The fraction of sp³-hybridized carbons (Fsp3) is 0.600. The molecule has 1 saturated carbocycles. The van der Waals surface area contributed by atoms with E-state index in [1.54, 1.807) is 0 Å². The molecule has 17 heavy (non-hydrogen) atoms. The van der Waals surface area contributed by atoms with Gasteiger partial charge in [-0.2, -0.15) is 0 Å². The molecule has 1 saturated heterocycles. The van der Waals surface area contributed by atoms with Crippen LogP contribution in [0, 0.1) is 5.92 Å². The molecule has 0 radical (unpaired) electrons. The molecule has 2 fully saturated rings. The van der Waals surface area contributed by atoms with E-state index in [-0.39, 0.29) is 0 Å². The van der Waals surface area contributed by atoms with Crippen molar-refractivity contribution < 1.29 is 4.74 Å². The number of benzene rings is 1. The second kappa shape index (κ2) is 5.19. The first-order valence-electron chi connectivity index (χ1n) is 6.83. The summed E-state index contributed by atoms with van der Waals surface area (Å²) in [6, 6.07) is 11.5. The highest BCUT2D eigenvalue weighted by Crippen LogP contribution is 2.33. The maximum atomic E-state index is 5.99. The summed E-state index contributed by atoms with van der Waals surface area (Å²) in [5.74, 6) is 0.645. The molecule has 2 unspecified atom stereocenters. The Morgan fingerprint density at radius 3 is 2.71 bits per heavy atom. The molecule has 1 aliphatic heterocycles. The van der Waals surface area contributed by atoms with Crippen LogP contribution in [-0.4, -0.2) is 19.2 Å². The summed E-state index contributed by atoms with van der Waals surface area (Å²) in [7, 11) is 0. The number of hydrogen-bond acceptors (Lipinski definition) is 2. The number of rotatable bonds is 4. The van der Waals surface area contributed by atoms with E-state index in [4.69, 9.17) is 4.74 Å². The number of ether oxygens (including phenoxy) is 1. The fourth-order valence-electron chi connectivity index (χ4n) is 2.67. The molecular formula is C15H21NO. The maximum absolute atomic E-state index is 5.99. The topological polar surface area (TPSA) is 21.3 Å². The summed E-state index contributed by atoms with van der Waals surface area (Å²) < 4.78 is 5.99. The highest BCUT2D eigenvalue weighted by atomic mass is 16.5. The van der Waals surface area contributed by atoms with E-state index in [1.165, 1.54) is 31.2 Å². The van der Waals surface area contributed by atoms with Crippen molar-refractivity contribution in [2.24, 2.45) is 5.92 Å². The summed E-state index contributed by atoms with van der Waals surface area (Å²) in [4.78, 5) is 0. The molecule has 3 rings (SSSR count). The molecule has 1 heterocycles. The lowest BCUT2D eigenvalue weighted by atomic mass is 9.89. The van der Waals surface area contributed by atoms with E-state index in [2.05, 4.69) is 35.6 Å². The predicted octanol–water partition coefficient (Wildman–Crippen LogP) is 2.91. The summed E-state index contributed by atoms with van der Waals surface area (Å²) in [5, 5.41) is 3.65. The molecule has 0 aromatic heterocycles. The summed E-state index contributed by atoms with van der Waals surface area (Å²) in [6.07, 6.45) is 5.53. The quantitative estimate of drug-likeness (QED) is 0.860. The van der Waals surface area contributed by atoms with Crippen molar-refractivity contribution in [3.8, 4) is 0 Å². The second-order valence-corrected chi connectivity index (χ2v) is 5.29. The van der Waals surface area contributed by atoms with Crippen molar-refractivity contribution >= 4 is 0 Å². The van der Waals surface area contributed by atoms with Gasteiger partial charge in [-0.15, -0.1) is 0 Å². The molecule has 2 heteroatoms. The van der Waals surface area contributed by atoms with Crippen LogP contribution in [0.4, 0.5) is 0 Å². The van der Waals surface area contributed by atoms with Crippen molar-refractivity contribution in [3.63, 3.8) is 0 Å². The number of nitrogens with one attached hydrogen (secondary N) is 1. The van der Waals surface area contributed by atoms with Crippen molar-refractivity contribution in [2.75, 3.05) is 13.2 Å². The predicted molar refractivity (Wildman–Crippen MR) is 68.9 cm³/mol. The van der Waals surface area contributed by atoms with E-state index in [0.29, 0.717) is 12.0 Å². The average Bonchev–Trinajstić information content (AvgIpc) is 3.22. The minimum absolute atomic E-state index is 0.302. The largest absolute Gasteiger partial charge is 0.373 e. The Bertz CT molecular complexity index is 347. The molecule has 0 amide bonds. The smallest absolute Gasteiger partial charge is 0.0865 e.